The molecule has 1 amide bonds. The van der Waals surface area contributed by atoms with E-state index >= 15 is 0 Å². The summed E-state index contributed by atoms with van der Waals surface area (Å²) in [4.78, 5) is 11.5. The van der Waals surface area contributed by atoms with Gasteiger partial charge in [-0.3, -0.25) is 4.79 Å². The summed E-state index contributed by atoms with van der Waals surface area (Å²) in [7, 11) is 0. The van der Waals surface area contributed by atoms with Crippen molar-refractivity contribution in [3.8, 4) is 12.3 Å². The zero-order valence-corrected chi connectivity index (χ0v) is 9.85. The molecule has 0 heterocycles. The van der Waals surface area contributed by atoms with E-state index < -0.39 is 29.0 Å². The van der Waals surface area contributed by atoms with Crippen LogP contribution in [0, 0.1) is 18.2 Å². The van der Waals surface area contributed by atoms with Crippen LogP contribution in [0.3, 0.4) is 0 Å². The molecule has 0 unspecified atom stereocenters. The second-order valence-electron chi connectivity index (χ2n) is 3.73. The molecule has 1 aromatic rings. The molecular weight excluding hydrogens is 262 g/mol. The third-order valence-corrected chi connectivity index (χ3v) is 2.33. The van der Waals surface area contributed by atoms with Crippen LogP contribution in [0.4, 0.5) is 17.6 Å². The van der Waals surface area contributed by atoms with Gasteiger partial charge in [0.15, 0.2) is 0 Å². The molecule has 0 aliphatic heterocycles. The minimum absolute atomic E-state index is 0.179. The first kappa shape index (κ1) is 15.0. The van der Waals surface area contributed by atoms with Crippen molar-refractivity contribution in [2.45, 2.75) is 19.0 Å². The van der Waals surface area contributed by atoms with E-state index in [2.05, 4.69) is 11.2 Å². The molecule has 1 rings (SSSR count). The van der Waals surface area contributed by atoms with Crippen LogP contribution in [0.1, 0.15) is 28.8 Å². The van der Waals surface area contributed by atoms with Crippen LogP contribution in [0.5, 0.6) is 0 Å². The average Bonchev–Trinajstić information content (AvgIpc) is 2.33. The van der Waals surface area contributed by atoms with Crippen molar-refractivity contribution in [1.82, 2.24) is 5.32 Å². The standard InChI is InChI=1S/C13H11F4NO/c1-2-3-4-8-18-12(19)9-6-5-7-10(11(9)14)13(15,16)17/h1,5-7H,3-4,8H2,(H,18,19). The third-order valence-electron chi connectivity index (χ3n) is 2.33. The first-order chi connectivity index (χ1) is 8.88. The Morgan fingerprint density at radius 3 is 2.63 bits per heavy atom. The van der Waals surface area contributed by atoms with E-state index in [4.69, 9.17) is 6.42 Å². The summed E-state index contributed by atoms with van der Waals surface area (Å²) in [6.07, 6.45) is 1.07. The van der Waals surface area contributed by atoms with Gasteiger partial charge in [0.2, 0.25) is 0 Å². The van der Waals surface area contributed by atoms with Crippen molar-refractivity contribution in [3.05, 3.63) is 35.1 Å². The molecule has 0 aliphatic carbocycles. The van der Waals surface area contributed by atoms with Gasteiger partial charge in [-0.2, -0.15) is 13.2 Å². The highest BCUT2D eigenvalue weighted by molar-refractivity contribution is 5.94. The summed E-state index contributed by atoms with van der Waals surface area (Å²) < 4.78 is 50.9. The maximum absolute atomic E-state index is 13.6. The summed E-state index contributed by atoms with van der Waals surface area (Å²) in [5.41, 5.74) is -2.08. The summed E-state index contributed by atoms with van der Waals surface area (Å²) >= 11 is 0. The number of carbonyl (C=O) groups is 1. The molecule has 1 N–H and O–H groups in total. The first-order valence-electron chi connectivity index (χ1n) is 5.45. The van der Waals surface area contributed by atoms with E-state index in [0.29, 0.717) is 18.9 Å². The van der Waals surface area contributed by atoms with Crippen LogP contribution >= 0.6 is 0 Å². The van der Waals surface area contributed by atoms with E-state index in [-0.39, 0.29) is 6.54 Å². The Morgan fingerprint density at radius 1 is 1.37 bits per heavy atom. The quantitative estimate of drug-likeness (QED) is 0.510. The highest BCUT2D eigenvalue weighted by Crippen LogP contribution is 2.32. The summed E-state index contributed by atoms with van der Waals surface area (Å²) in [6, 6.07) is 2.58. The van der Waals surface area contributed by atoms with Gasteiger partial charge in [0.05, 0.1) is 11.1 Å². The zero-order valence-electron chi connectivity index (χ0n) is 9.85. The molecule has 2 nitrogen and oxygen atoms in total. The fourth-order valence-electron chi connectivity index (χ4n) is 1.41. The number of rotatable bonds is 4. The third kappa shape index (κ3) is 3.98. The second kappa shape index (κ2) is 6.23. The molecule has 0 radical (unpaired) electrons. The van der Waals surface area contributed by atoms with Crippen molar-refractivity contribution in [2.24, 2.45) is 0 Å². The Hall–Kier alpha value is -2.03. The number of unbranched alkanes of at least 4 members (excludes halogenated alkanes) is 1. The number of alkyl halides is 3. The first-order valence-corrected chi connectivity index (χ1v) is 5.45. The van der Waals surface area contributed by atoms with Crippen LogP contribution < -0.4 is 5.32 Å². The number of nitrogens with one attached hydrogen (secondary N) is 1. The van der Waals surface area contributed by atoms with Crippen molar-refractivity contribution in [2.75, 3.05) is 6.54 Å². The minimum atomic E-state index is -4.83. The number of carbonyl (C=O) groups excluding carboxylic acids is 1. The zero-order chi connectivity index (χ0) is 14.5. The van der Waals surface area contributed by atoms with E-state index in [1.165, 1.54) is 0 Å². The molecule has 19 heavy (non-hydrogen) atoms. The Labute approximate surface area is 107 Å². The Bertz CT molecular complexity index is 502. The largest absolute Gasteiger partial charge is 0.419 e. The van der Waals surface area contributed by atoms with Gasteiger partial charge < -0.3 is 5.32 Å². The van der Waals surface area contributed by atoms with E-state index in [1.807, 2.05) is 0 Å². The lowest BCUT2D eigenvalue weighted by Crippen LogP contribution is -2.26. The highest BCUT2D eigenvalue weighted by atomic mass is 19.4. The molecule has 0 aliphatic rings. The maximum Gasteiger partial charge on any atom is 0.419 e. The summed E-state index contributed by atoms with van der Waals surface area (Å²) in [5, 5.41) is 2.31. The predicted octanol–water partition coefficient (Wildman–Crippen LogP) is 2.99. The molecule has 0 atom stereocenters. The van der Waals surface area contributed by atoms with Gasteiger partial charge in [0.25, 0.3) is 5.91 Å². The fraction of sp³-hybridized carbons (Fsp3) is 0.308. The van der Waals surface area contributed by atoms with Gasteiger partial charge in [-0.1, -0.05) is 6.07 Å². The molecule has 102 valence electrons. The normalized spacial score (nSPS) is 10.9. The second-order valence-corrected chi connectivity index (χ2v) is 3.73. The van der Waals surface area contributed by atoms with Crippen molar-refractivity contribution in [1.29, 1.82) is 0 Å². The molecule has 0 saturated carbocycles. The SMILES string of the molecule is C#CCCCNC(=O)c1cccc(C(F)(F)F)c1F. The van der Waals surface area contributed by atoms with Gasteiger partial charge in [-0.05, 0) is 18.6 Å². The fourth-order valence-corrected chi connectivity index (χ4v) is 1.41. The van der Waals surface area contributed by atoms with Crippen LogP contribution in [-0.4, -0.2) is 12.5 Å². The minimum Gasteiger partial charge on any atom is -0.352 e. The molecule has 0 aromatic heterocycles. The molecule has 0 spiro atoms. The summed E-state index contributed by atoms with van der Waals surface area (Å²) in [6.45, 7) is 0.179. The molecule has 1 aromatic carbocycles. The van der Waals surface area contributed by atoms with Gasteiger partial charge in [-0.25, -0.2) is 4.39 Å². The van der Waals surface area contributed by atoms with Crippen LogP contribution in [0.15, 0.2) is 18.2 Å². The van der Waals surface area contributed by atoms with Crippen LogP contribution in [0.2, 0.25) is 0 Å². The van der Waals surface area contributed by atoms with E-state index in [9.17, 15) is 22.4 Å². The lowest BCUT2D eigenvalue weighted by Gasteiger charge is -2.11. The number of hydrogen-bond acceptors (Lipinski definition) is 1. The smallest absolute Gasteiger partial charge is 0.352 e. The monoisotopic (exact) mass is 273 g/mol. The lowest BCUT2D eigenvalue weighted by atomic mass is 10.1. The van der Waals surface area contributed by atoms with Crippen LogP contribution in [0.25, 0.3) is 0 Å². The molecular formula is C13H11F4NO. The van der Waals surface area contributed by atoms with E-state index in [1.54, 1.807) is 0 Å². The van der Waals surface area contributed by atoms with E-state index in [0.717, 1.165) is 12.1 Å². The number of benzene rings is 1. The Balaban J connectivity index is 2.84. The maximum atomic E-state index is 13.6. The van der Waals surface area contributed by atoms with Crippen molar-refractivity contribution >= 4 is 5.91 Å². The summed E-state index contributed by atoms with van der Waals surface area (Å²) in [5.74, 6) is -0.106. The predicted molar refractivity (Wildman–Crippen MR) is 61.8 cm³/mol. The van der Waals surface area contributed by atoms with Gasteiger partial charge in [0, 0.05) is 13.0 Å². The lowest BCUT2D eigenvalue weighted by molar-refractivity contribution is -0.140. The molecule has 0 saturated heterocycles. The molecule has 0 fully saturated rings. The average molecular weight is 273 g/mol. The van der Waals surface area contributed by atoms with Gasteiger partial charge in [-0.15, -0.1) is 12.3 Å². The Kier molecular flexibility index (Phi) is 4.93. The molecule has 0 bridgehead atoms. The van der Waals surface area contributed by atoms with Crippen molar-refractivity contribution < 1.29 is 22.4 Å². The number of halogens is 4. The topological polar surface area (TPSA) is 29.1 Å². The van der Waals surface area contributed by atoms with Crippen LogP contribution in [-0.2, 0) is 6.18 Å². The van der Waals surface area contributed by atoms with Gasteiger partial charge >= 0.3 is 6.18 Å². The Morgan fingerprint density at radius 2 is 2.05 bits per heavy atom. The highest BCUT2D eigenvalue weighted by Gasteiger charge is 2.35. The van der Waals surface area contributed by atoms with Gasteiger partial charge in [0.1, 0.15) is 5.82 Å². The van der Waals surface area contributed by atoms with Crippen molar-refractivity contribution in [3.63, 3.8) is 0 Å². The number of hydrogen-bond donors (Lipinski definition) is 1. The number of terminal acetylenes is 1. The molecule has 6 heteroatoms. The number of amides is 1.